The molecule has 2 amide bonds. The molecule has 0 radical (unpaired) electrons. The van der Waals surface area contributed by atoms with Crippen LogP contribution in [0.15, 0.2) is 42.5 Å². The Kier molecular flexibility index (Phi) is 6.95. The van der Waals surface area contributed by atoms with Crippen molar-refractivity contribution in [3.63, 3.8) is 0 Å². The van der Waals surface area contributed by atoms with Gasteiger partial charge in [-0.3, -0.25) is 9.59 Å². The summed E-state index contributed by atoms with van der Waals surface area (Å²) in [6, 6.07) is 13.0. The Hall–Kier alpha value is -3.06. The number of nitrogens with one attached hydrogen (secondary N) is 2. The van der Waals surface area contributed by atoms with Crippen LogP contribution in [-0.4, -0.2) is 58.1 Å². The first kappa shape index (κ1) is 21.6. The first-order valence-corrected chi connectivity index (χ1v) is 10.1. The Morgan fingerprint density at radius 3 is 2.47 bits per heavy atom. The quantitative estimate of drug-likeness (QED) is 0.727. The van der Waals surface area contributed by atoms with Gasteiger partial charge in [0.2, 0.25) is 0 Å². The van der Waals surface area contributed by atoms with Gasteiger partial charge in [0.1, 0.15) is 17.5 Å². The number of carbonyl (C=O) groups is 2. The zero-order chi connectivity index (χ0) is 21.7. The van der Waals surface area contributed by atoms with E-state index in [9.17, 15) is 9.59 Å². The summed E-state index contributed by atoms with van der Waals surface area (Å²) in [6.45, 7) is 1.31. The van der Waals surface area contributed by atoms with E-state index in [1.807, 2.05) is 18.2 Å². The van der Waals surface area contributed by atoms with Crippen molar-refractivity contribution in [3.05, 3.63) is 53.6 Å². The minimum Gasteiger partial charge on any atom is -0.497 e. The highest BCUT2D eigenvalue weighted by Crippen LogP contribution is 2.31. The molecule has 0 spiro atoms. The maximum absolute atomic E-state index is 12.7. The van der Waals surface area contributed by atoms with Crippen molar-refractivity contribution < 1.29 is 24.0 Å². The van der Waals surface area contributed by atoms with E-state index in [2.05, 4.69) is 5.32 Å². The van der Waals surface area contributed by atoms with Crippen LogP contribution in [0, 0.1) is 0 Å². The highest BCUT2D eigenvalue weighted by molar-refractivity contribution is 5.95. The molecule has 2 N–H and O–H groups in total. The first-order valence-electron chi connectivity index (χ1n) is 10.1. The summed E-state index contributed by atoms with van der Waals surface area (Å²) in [7, 11) is 6.72. The van der Waals surface area contributed by atoms with E-state index in [0.717, 1.165) is 36.4 Å². The molecule has 7 heteroatoms. The lowest BCUT2D eigenvalue weighted by Gasteiger charge is -2.23. The second-order valence-corrected chi connectivity index (χ2v) is 7.71. The number of hydrogen-bond donors (Lipinski definition) is 2. The van der Waals surface area contributed by atoms with Crippen molar-refractivity contribution >= 4 is 17.5 Å². The lowest BCUT2D eigenvalue weighted by atomic mass is 10.0. The Bertz CT molecular complexity index is 896. The number of amides is 2. The number of anilines is 1. The molecule has 1 unspecified atom stereocenters. The van der Waals surface area contributed by atoms with Crippen LogP contribution in [-0.2, 0) is 4.79 Å². The van der Waals surface area contributed by atoms with E-state index in [-0.39, 0.29) is 17.9 Å². The zero-order valence-corrected chi connectivity index (χ0v) is 18.0. The van der Waals surface area contributed by atoms with Crippen molar-refractivity contribution in [2.45, 2.75) is 18.9 Å². The van der Waals surface area contributed by atoms with Crippen LogP contribution in [0.5, 0.6) is 11.5 Å². The largest absolute Gasteiger partial charge is 0.497 e. The third kappa shape index (κ3) is 4.91. The summed E-state index contributed by atoms with van der Waals surface area (Å²) >= 11 is 0. The predicted molar refractivity (Wildman–Crippen MR) is 115 cm³/mol. The molecule has 2 atom stereocenters. The van der Waals surface area contributed by atoms with E-state index < -0.39 is 0 Å². The molecule has 1 aliphatic rings. The van der Waals surface area contributed by atoms with Crippen molar-refractivity contribution in [2.24, 2.45) is 0 Å². The number of methoxy groups -OCH3 is 2. The molecule has 1 aliphatic heterocycles. The van der Waals surface area contributed by atoms with Crippen molar-refractivity contribution in [2.75, 3.05) is 46.7 Å². The number of ether oxygens (including phenoxy) is 2. The van der Waals surface area contributed by atoms with Crippen LogP contribution in [0.25, 0.3) is 0 Å². The van der Waals surface area contributed by atoms with Gasteiger partial charge in [0.05, 0.1) is 26.3 Å². The van der Waals surface area contributed by atoms with Gasteiger partial charge in [0, 0.05) is 44.3 Å². The van der Waals surface area contributed by atoms with Crippen molar-refractivity contribution in [3.8, 4) is 11.5 Å². The molecule has 2 aromatic rings. The molecule has 0 bridgehead atoms. The second-order valence-electron chi connectivity index (χ2n) is 7.71. The molecule has 1 fully saturated rings. The summed E-state index contributed by atoms with van der Waals surface area (Å²) in [5.41, 5.74) is 2.38. The Morgan fingerprint density at radius 1 is 1.10 bits per heavy atom. The van der Waals surface area contributed by atoms with E-state index >= 15 is 0 Å². The number of quaternary nitrogens is 1. The normalized spacial score (nSPS) is 18.0. The second kappa shape index (κ2) is 9.63. The molecular formula is C23H30N3O4+. The molecular weight excluding hydrogens is 382 g/mol. The smallest absolute Gasteiger partial charge is 0.279 e. The molecule has 30 heavy (non-hydrogen) atoms. The lowest BCUT2D eigenvalue weighted by Crippen LogP contribution is -3.11. The lowest BCUT2D eigenvalue weighted by molar-refractivity contribution is -0.910. The van der Waals surface area contributed by atoms with Gasteiger partial charge in [-0.25, -0.2) is 0 Å². The van der Waals surface area contributed by atoms with Gasteiger partial charge in [-0.2, -0.15) is 0 Å². The van der Waals surface area contributed by atoms with Crippen molar-refractivity contribution in [1.29, 1.82) is 0 Å². The number of rotatable bonds is 7. The summed E-state index contributed by atoms with van der Waals surface area (Å²) in [5.74, 6) is 1.44. The summed E-state index contributed by atoms with van der Waals surface area (Å²) in [4.78, 5) is 27.4. The molecule has 1 heterocycles. The molecule has 160 valence electrons. The third-order valence-electron chi connectivity index (χ3n) is 5.51. The minimum absolute atomic E-state index is 0.0453. The predicted octanol–water partition coefficient (Wildman–Crippen LogP) is 1.76. The molecule has 7 nitrogen and oxygen atoms in total. The highest BCUT2D eigenvalue weighted by atomic mass is 16.5. The van der Waals surface area contributed by atoms with Gasteiger partial charge in [0.15, 0.2) is 6.54 Å². The van der Waals surface area contributed by atoms with Gasteiger partial charge in [-0.05, 0) is 36.4 Å². The van der Waals surface area contributed by atoms with Gasteiger partial charge < -0.3 is 24.6 Å². The Morgan fingerprint density at radius 2 is 1.83 bits per heavy atom. The number of nitrogens with zero attached hydrogens (tertiary/aromatic N) is 1. The zero-order valence-electron chi connectivity index (χ0n) is 18.0. The SMILES string of the molecule is COc1ccc([C@@H]2CCC[NH+]2CC(=O)Nc2ccc(C(=O)N(C)C)cc2)c(OC)c1. The number of hydrogen-bond acceptors (Lipinski definition) is 4. The molecule has 1 saturated heterocycles. The van der Waals surface area contributed by atoms with E-state index in [0.29, 0.717) is 17.8 Å². The summed E-state index contributed by atoms with van der Waals surface area (Å²) in [5, 5.41) is 2.95. The summed E-state index contributed by atoms with van der Waals surface area (Å²) in [6.07, 6.45) is 2.07. The molecule has 0 saturated carbocycles. The topological polar surface area (TPSA) is 72.3 Å². The van der Waals surface area contributed by atoms with Gasteiger partial charge >= 0.3 is 0 Å². The average molecular weight is 413 g/mol. The van der Waals surface area contributed by atoms with E-state index in [1.165, 1.54) is 9.80 Å². The standard InChI is InChI=1S/C23H29N3O4/c1-25(2)23(28)16-7-9-17(10-8-16)24-22(27)15-26-13-5-6-20(26)19-12-11-18(29-3)14-21(19)30-4/h7-12,14,20H,5-6,13,15H2,1-4H3,(H,24,27)/p+1/t20-/m0/s1. The van der Waals surface area contributed by atoms with Crippen LogP contribution < -0.4 is 19.7 Å². The number of likely N-dealkylation sites (tertiary alicyclic amines) is 1. The number of carbonyl (C=O) groups excluding carboxylic acids is 2. The average Bonchev–Trinajstić information content (AvgIpc) is 3.20. The van der Waals surface area contributed by atoms with Crippen LogP contribution in [0.3, 0.4) is 0 Å². The van der Waals surface area contributed by atoms with Crippen LogP contribution in [0.2, 0.25) is 0 Å². The monoisotopic (exact) mass is 412 g/mol. The fraction of sp³-hybridized carbons (Fsp3) is 0.391. The van der Waals surface area contributed by atoms with E-state index in [1.54, 1.807) is 52.6 Å². The van der Waals surface area contributed by atoms with Crippen LogP contribution in [0.4, 0.5) is 5.69 Å². The molecule has 3 rings (SSSR count). The maximum Gasteiger partial charge on any atom is 0.279 e. The molecule has 0 aromatic heterocycles. The molecule has 0 aliphatic carbocycles. The molecule has 2 aromatic carbocycles. The fourth-order valence-corrected chi connectivity index (χ4v) is 3.97. The Balaban J connectivity index is 1.65. The van der Waals surface area contributed by atoms with Crippen LogP contribution >= 0.6 is 0 Å². The Labute approximate surface area is 177 Å². The van der Waals surface area contributed by atoms with Gasteiger partial charge in [-0.15, -0.1) is 0 Å². The van der Waals surface area contributed by atoms with Gasteiger partial charge in [-0.1, -0.05) is 0 Å². The van der Waals surface area contributed by atoms with Crippen LogP contribution in [0.1, 0.15) is 34.8 Å². The number of benzene rings is 2. The highest BCUT2D eigenvalue weighted by Gasteiger charge is 2.33. The first-order chi connectivity index (χ1) is 14.4. The summed E-state index contributed by atoms with van der Waals surface area (Å²) < 4.78 is 10.9. The third-order valence-corrected chi connectivity index (χ3v) is 5.51. The van der Waals surface area contributed by atoms with Crippen molar-refractivity contribution in [1.82, 2.24) is 4.90 Å². The van der Waals surface area contributed by atoms with E-state index in [4.69, 9.17) is 9.47 Å². The maximum atomic E-state index is 12.7. The van der Waals surface area contributed by atoms with Gasteiger partial charge in [0.25, 0.3) is 11.8 Å². The minimum atomic E-state index is -0.0642. The fourth-order valence-electron chi connectivity index (χ4n) is 3.97.